The van der Waals surface area contributed by atoms with E-state index in [1.807, 2.05) is 6.07 Å². The molecule has 0 aromatic carbocycles. The minimum atomic E-state index is -0.0663. The zero-order valence-corrected chi connectivity index (χ0v) is 15.1. The molecule has 1 N–H and O–H groups in total. The summed E-state index contributed by atoms with van der Waals surface area (Å²) in [6.07, 6.45) is 3.93. The van der Waals surface area contributed by atoms with E-state index in [0.717, 1.165) is 29.9 Å². The fraction of sp³-hybridized carbons (Fsp3) is 0.778. The monoisotopic (exact) mass is 318 g/mol. The highest BCUT2D eigenvalue weighted by atomic mass is 16.5. The summed E-state index contributed by atoms with van der Waals surface area (Å²) in [5, 5.41) is 3.65. The normalized spacial score (nSPS) is 25.8. The molecule has 0 bridgehead atoms. The van der Waals surface area contributed by atoms with Crippen LogP contribution in [0.15, 0.2) is 6.07 Å². The van der Waals surface area contributed by atoms with E-state index in [9.17, 15) is 0 Å². The Kier molecular flexibility index (Phi) is 4.61. The Morgan fingerprint density at radius 2 is 2.04 bits per heavy atom. The number of hydrogen-bond acceptors (Lipinski definition) is 5. The number of anilines is 1. The molecular formula is C18H30N4O. The molecule has 0 amide bonds. The zero-order valence-electron chi connectivity index (χ0n) is 15.1. The Morgan fingerprint density at radius 3 is 2.65 bits per heavy atom. The number of aromatic nitrogens is 2. The highest BCUT2D eigenvalue weighted by molar-refractivity contribution is 5.38. The molecule has 0 spiro atoms. The summed E-state index contributed by atoms with van der Waals surface area (Å²) in [5.74, 6) is 1.81. The van der Waals surface area contributed by atoms with Crippen LogP contribution in [0.1, 0.15) is 58.5 Å². The molecule has 0 radical (unpaired) electrons. The van der Waals surface area contributed by atoms with E-state index in [0.29, 0.717) is 18.7 Å². The highest BCUT2D eigenvalue weighted by Gasteiger charge is 2.38. The number of nitrogens with zero attached hydrogens (tertiary/aromatic N) is 3. The molecule has 1 aromatic heterocycles. The maximum atomic E-state index is 5.27. The maximum absolute atomic E-state index is 5.27. The van der Waals surface area contributed by atoms with Crippen molar-refractivity contribution in [2.75, 3.05) is 19.0 Å². The Bertz CT molecular complexity index is 550. The second-order valence-electron chi connectivity index (χ2n) is 8.11. The molecule has 2 unspecified atom stereocenters. The SMILES string of the molecule is COCc1cc(NC2CC(C)N(C3CC3)C2)nc(C(C)(C)C)n1. The van der Waals surface area contributed by atoms with Crippen molar-refractivity contribution in [3.05, 3.63) is 17.6 Å². The number of likely N-dealkylation sites (tertiary alicyclic amines) is 1. The summed E-state index contributed by atoms with van der Waals surface area (Å²) in [6, 6.07) is 4.01. The Morgan fingerprint density at radius 1 is 1.30 bits per heavy atom. The molecule has 2 heterocycles. The van der Waals surface area contributed by atoms with Gasteiger partial charge in [0.15, 0.2) is 0 Å². The first-order valence-corrected chi connectivity index (χ1v) is 8.76. The van der Waals surface area contributed by atoms with E-state index in [1.165, 1.54) is 19.3 Å². The molecule has 1 aromatic rings. The molecule has 1 saturated carbocycles. The average molecular weight is 318 g/mol. The number of methoxy groups -OCH3 is 1. The van der Waals surface area contributed by atoms with E-state index < -0.39 is 0 Å². The van der Waals surface area contributed by atoms with Crippen LogP contribution in [0.3, 0.4) is 0 Å². The lowest BCUT2D eigenvalue weighted by molar-refractivity contribution is 0.181. The van der Waals surface area contributed by atoms with E-state index in [1.54, 1.807) is 7.11 Å². The van der Waals surface area contributed by atoms with E-state index in [-0.39, 0.29) is 5.41 Å². The van der Waals surface area contributed by atoms with Gasteiger partial charge < -0.3 is 10.1 Å². The van der Waals surface area contributed by atoms with Gasteiger partial charge in [0.05, 0.1) is 12.3 Å². The topological polar surface area (TPSA) is 50.3 Å². The maximum Gasteiger partial charge on any atom is 0.136 e. The van der Waals surface area contributed by atoms with Gasteiger partial charge in [0, 0.05) is 43.3 Å². The number of hydrogen-bond donors (Lipinski definition) is 1. The summed E-state index contributed by atoms with van der Waals surface area (Å²) in [6.45, 7) is 10.4. The molecular weight excluding hydrogens is 288 g/mol. The molecule has 128 valence electrons. The van der Waals surface area contributed by atoms with Crippen LogP contribution < -0.4 is 5.32 Å². The van der Waals surface area contributed by atoms with Gasteiger partial charge in [-0.3, -0.25) is 4.90 Å². The van der Waals surface area contributed by atoms with Gasteiger partial charge in [0.25, 0.3) is 0 Å². The van der Waals surface area contributed by atoms with Gasteiger partial charge >= 0.3 is 0 Å². The summed E-state index contributed by atoms with van der Waals surface area (Å²) >= 11 is 0. The molecule has 1 saturated heterocycles. The van der Waals surface area contributed by atoms with Gasteiger partial charge in [-0.2, -0.15) is 0 Å². The third kappa shape index (κ3) is 4.01. The second-order valence-corrected chi connectivity index (χ2v) is 8.11. The third-order valence-electron chi connectivity index (χ3n) is 4.73. The van der Waals surface area contributed by atoms with Crippen LogP contribution in [0.5, 0.6) is 0 Å². The Labute approximate surface area is 139 Å². The molecule has 23 heavy (non-hydrogen) atoms. The van der Waals surface area contributed by atoms with Crippen LogP contribution in [-0.2, 0) is 16.8 Å². The number of ether oxygens (including phenoxy) is 1. The predicted octanol–water partition coefficient (Wildman–Crippen LogP) is 2.96. The minimum Gasteiger partial charge on any atom is -0.378 e. The molecule has 1 aliphatic heterocycles. The fourth-order valence-electron chi connectivity index (χ4n) is 3.41. The summed E-state index contributed by atoms with van der Waals surface area (Å²) in [7, 11) is 1.71. The lowest BCUT2D eigenvalue weighted by atomic mass is 9.95. The summed E-state index contributed by atoms with van der Waals surface area (Å²) < 4.78 is 5.27. The molecule has 2 atom stereocenters. The van der Waals surface area contributed by atoms with E-state index >= 15 is 0 Å². The average Bonchev–Trinajstić information content (AvgIpc) is 3.23. The van der Waals surface area contributed by atoms with Crippen LogP contribution in [0.4, 0.5) is 5.82 Å². The van der Waals surface area contributed by atoms with E-state index in [4.69, 9.17) is 9.72 Å². The van der Waals surface area contributed by atoms with Crippen molar-refractivity contribution in [1.29, 1.82) is 0 Å². The van der Waals surface area contributed by atoms with Crippen LogP contribution >= 0.6 is 0 Å². The van der Waals surface area contributed by atoms with Crippen molar-refractivity contribution in [2.24, 2.45) is 0 Å². The zero-order chi connectivity index (χ0) is 16.6. The fourth-order valence-corrected chi connectivity index (χ4v) is 3.41. The van der Waals surface area contributed by atoms with Crippen molar-refractivity contribution in [1.82, 2.24) is 14.9 Å². The van der Waals surface area contributed by atoms with Crippen molar-refractivity contribution < 1.29 is 4.74 Å². The van der Waals surface area contributed by atoms with Gasteiger partial charge in [-0.05, 0) is 26.2 Å². The van der Waals surface area contributed by atoms with E-state index in [2.05, 4.69) is 42.9 Å². The predicted molar refractivity (Wildman–Crippen MR) is 92.7 cm³/mol. The van der Waals surface area contributed by atoms with Gasteiger partial charge in [-0.1, -0.05) is 20.8 Å². The number of rotatable bonds is 5. The Balaban J connectivity index is 1.75. The molecule has 2 fully saturated rings. The molecule has 1 aliphatic carbocycles. The summed E-state index contributed by atoms with van der Waals surface area (Å²) in [4.78, 5) is 12.1. The van der Waals surface area contributed by atoms with Crippen LogP contribution in [-0.4, -0.2) is 46.6 Å². The van der Waals surface area contributed by atoms with Crippen molar-refractivity contribution >= 4 is 5.82 Å². The van der Waals surface area contributed by atoms with Gasteiger partial charge in [0.1, 0.15) is 11.6 Å². The lowest BCUT2D eigenvalue weighted by Gasteiger charge is -2.21. The second kappa shape index (κ2) is 6.36. The third-order valence-corrected chi connectivity index (χ3v) is 4.73. The number of nitrogens with one attached hydrogen (secondary N) is 1. The highest BCUT2D eigenvalue weighted by Crippen LogP contribution is 2.34. The first-order valence-electron chi connectivity index (χ1n) is 8.76. The standard InChI is InChI=1S/C18H30N4O/c1-12-8-13(10-22(12)15-6-7-15)19-16-9-14(11-23-5)20-17(21-16)18(2,3)4/h9,12-13,15H,6-8,10-11H2,1-5H3,(H,19,20,21). The van der Waals surface area contributed by atoms with Crippen LogP contribution in [0, 0.1) is 0 Å². The minimum absolute atomic E-state index is 0.0663. The molecule has 3 rings (SSSR count). The van der Waals surface area contributed by atoms with Crippen LogP contribution in [0.2, 0.25) is 0 Å². The van der Waals surface area contributed by atoms with Gasteiger partial charge in [0.2, 0.25) is 0 Å². The lowest BCUT2D eigenvalue weighted by Crippen LogP contribution is -2.31. The van der Waals surface area contributed by atoms with Gasteiger partial charge in [-0.25, -0.2) is 9.97 Å². The van der Waals surface area contributed by atoms with Crippen molar-refractivity contribution in [3.63, 3.8) is 0 Å². The molecule has 2 aliphatic rings. The van der Waals surface area contributed by atoms with Crippen molar-refractivity contribution in [3.8, 4) is 0 Å². The Hall–Kier alpha value is -1.20. The molecule has 5 heteroatoms. The first kappa shape index (κ1) is 16.7. The quantitative estimate of drug-likeness (QED) is 0.904. The first-order chi connectivity index (χ1) is 10.9. The molecule has 5 nitrogen and oxygen atoms in total. The smallest absolute Gasteiger partial charge is 0.136 e. The summed E-state index contributed by atoms with van der Waals surface area (Å²) in [5.41, 5.74) is 0.878. The largest absolute Gasteiger partial charge is 0.378 e. The van der Waals surface area contributed by atoms with Gasteiger partial charge in [-0.15, -0.1) is 0 Å². The van der Waals surface area contributed by atoms with Crippen molar-refractivity contribution in [2.45, 2.75) is 77.1 Å². The van der Waals surface area contributed by atoms with Crippen LogP contribution in [0.25, 0.3) is 0 Å².